The zero-order chi connectivity index (χ0) is 20.7. The Bertz CT molecular complexity index is 930. The van der Waals surface area contributed by atoms with Crippen molar-refractivity contribution in [2.24, 2.45) is 0 Å². The first kappa shape index (κ1) is 22.2. The molecule has 0 aliphatic heterocycles. The van der Waals surface area contributed by atoms with Gasteiger partial charge in [0.25, 0.3) is 5.91 Å². The number of amides is 1. The Morgan fingerprint density at radius 1 is 1.18 bits per heavy atom. The van der Waals surface area contributed by atoms with Crippen LogP contribution >= 0.6 is 11.6 Å². The van der Waals surface area contributed by atoms with Crippen molar-refractivity contribution in [3.63, 3.8) is 0 Å². The number of halogens is 1. The topological polar surface area (TPSA) is 84.5 Å². The zero-order valence-corrected chi connectivity index (χ0v) is 17.7. The van der Waals surface area contributed by atoms with Gasteiger partial charge in [-0.2, -0.15) is 0 Å². The third-order valence-electron chi connectivity index (χ3n) is 3.80. The largest absolute Gasteiger partial charge is 0.493 e. The fourth-order valence-corrected chi connectivity index (χ4v) is 4.04. The van der Waals surface area contributed by atoms with Crippen molar-refractivity contribution in [2.75, 3.05) is 13.2 Å². The molecule has 2 aromatic carbocycles. The second kappa shape index (κ2) is 9.91. The minimum atomic E-state index is -3.64. The number of ether oxygens (including phenoxy) is 1. The number of rotatable bonds is 9. The molecule has 2 aromatic rings. The van der Waals surface area contributed by atoms with Crippen molar-refractivity contribution in [2.45, 2.75) is 38.1 Å². The number of nitrogens with one attached hydrogen (secondary N) is 2. The minimum absolute atomic E-state index is 0.0652. The van der Waals surface area contributed by atoms with E-state index < -0.39 is 10.0 Å². The molecular formula is C20H25ClN2O4S. The maximum absolute atomic E-state index is 12.3. The van der Waals surface area contributed by atoms with Gasteiger partial charge in [-0.1, -0.05) is 17.7 Å². The highest BCUT2D eigenvalue weighted by Gasteiger charge is 2.17. The Morgan fingerprint density at radius 3 is 2.61 bits per heavy atom. The van der Waals surface area contributed by atoms with Gasteiger partial charge in [-0.05, 0) is 69.2 Å². The molecule has 0 radical (unpaired) electrons. The first-order valence-corrected chi connectivity index (χ1v) is 10.8. The molecule has 0 saturated carbocycles. The molecule has 0 aliphatic carbocycles. The normalized spacial score (nSPS) is 11.5. The van der Waals surface area contributed by atoms with Crippen LogP contribution in [0.4, 0.5) is 0 Å². The van der Waals surface area contributed by atoms with Crippen molar-refractivity contribution in [1.29, 1.82) is 0 Å². The molecule has 8 heteroatoms. The monoisotopic (exact) mass is 424 g/mol. The summed E-state index contributed by atoms with van der Waals surface area (Å²) in [5.41, 5.74) is 1.24. The Labute approximate surface area is 171 Å². The summed E-state index contributed by atoms with van der Waals surface area (Å²) in [5, 5.41) is 3.43. The van der Waals surface area contributed by atoms with Crippen LogP contribution in [0.15, 0.2) is 47.4 Å². The van der Waals surface area contributed by atoms with Gasteiger partial charge >= 0.3 is 0 Å². The van der Waals surface area contributed by atoms with Crippen LogP contribution in [0.1, 0.15) is 36.2 Å². The molecule has 0 unspecified atom stereocenters. The second-order valence-electron chi connectivity index (χ2n) is 6.67. The Hall–Kier alpha value is -2.09. The van der Waals surface area contributed by atoms with E-state index in [-0.39, 0.29) is 16.8 Å². The summed E-state index contributed by atoms with van der Waals surface area (Å²) in [6.45, 7) is 6.24. The lowest BCUT2D eigenvalue weighted by Gasteiger charge is -2.11. The molecule has 6 nitrogen and oxygen atoms in total. The summed E-state index contributed by atoms with van der Waals surface area (Å²) in [6.07, 6.45) is 0.612. The van der Waals surface area contributed by atoms with Crippen LogP contribution in [0.25, 0.3) is 0 Å². The maximum atomic E-state index is 12.3. The molecule has 0 spiro atoms. The molecule has 152 valence electrons. The van der Waals surface area contributed by atoms with E-state index in [0.29, 0.717) is 30.2 Å². The van der Waals surface area contributed by atoms with E-state index in [0.717, 1.165) is 11.3 Å². The van der Waals surface area contributed by atoms with Gasteiger partial charge in [0.2, 0.25) is 10.0 Å². The van der Waals surface area contributed by atoms with E-state index in [1.807, 2.05) is 19.1 Å². The SMILES string of the molecule is Cc1cc(Cl)ccc1OCCCNC(=O)c1cccc(S(=O)(=O)NC(C)C)c1. The third kappa shape index (κ3) is 6.51. The fourth-order valence-electron chi connectivity index (χ4n) is 2.52. The summed E-state index contributed by atoms with van der Waals surface area (Å²) in [6, 6.07) is 11.1. The van der Waals surface area contributed by atoms with Gasteiger partial charge in [0.15, 0.2) is 0 Å². The molecule has 0 fully saturated rings. The lowest BCUT2D eigenvalue weighted by molar-refractivity contribution is 0.0951. The van der Waals surface area contributed by atoms with Gasteiger partial charge in [0.1, 0.15) is 5.75 Å². The summed E-state index contributed by atoms with van der Waals surface area (Å²) in [5.74, 6) is 0.426. The van der Waals surface area contributed by atoms with Crippen molar-refractivity contribution in [1.82, 2.24) is 10.0 Å². The van der Waals surface area contributed by atoms with E-state index in [2.05, 4.69) is 10.0 Å². The Balaban J connectivity index is 1.85. The van der Waals surface area contributed by atoms with Crippen LogP contribution in [0, 0.1) is 6.92 Å². The highest BCUT2D eigenvalue weighted by molar-refractivity contribution is 7.89. The summed E-state index contributed by atoms with van der Waals surface area (Å²) < 4.78 is 32.6. The number of hydrogen-bond donors (Lipinski definition) is 2. The lowest BCUT2D eigenvalue weighted by Crippen LogP contribution is -2.30. The smallest absolute Gasteiger partial charge is 0.251 e. The average Bonchev–Trinajstić information content (AvgIpc) is 2.62. The molecule has 0 saturated heterocycles. The highest BCUT2D eigenvalue weighted by Crippen LogP contribution is 2.21. The van der Waals surface area contributed by atoms with Crippen LogP contribution < -0.4 is 14.8 Å². The molecule has 28 heavy (non-hydrogen) atoms. The lowest BCUT2D eigenvalue weighted by atomic mass is 10.2. The number of carbonyl (C=O) groups excluding carboxylic acids is 1. The number of sulfonamides is 1. The first-order valence-electron chi connectivity index (χ1n) is 8.98. The van der Waals surface area contributed by atoms with Crippen LogP contribution in [-0.2, 0) is 10.0 Å². The third-order valence-corrected chi connectivity index (χ3v) is 5.69. The van der Waals surface area contributed by atoms with Crippen molar-refractivity contribution in [3.8, 4) is 5.75 Å². The molecular weight excluding hydrogens is 400 g/mol. The predicted molar refractivity (Wildman–Crippen MR) is 111 cm³/mol. The Morgan fingerprint density at radius 2 is 1.93 bits per heavy atom. The quantitative estimate of drug-likeness (QED) is 0.603. The van der Waals surface area contributed by atoms with E-state index in [4.69, 9.17) is 16.3 Å². The van der Waals surface area contributed by atoms with Gasteiger partial charge in [-0.25, -0.2) is 13.1 Å². The van der Waals surface area contributed by atoms with Gasteiger partial charge in [0, 0.05) is 23.2 Å². The van der Waals surface area contributed by atoms with E-state index >= 15 is 0 Å². The van der Waals surface area contributed by atoms with Gasteiger partial charge in [-0.3, -0.25) is 4.79 Å². The standard InChI is InChI=1S/C20H25ClN2O4S/c1-14(2)23-28(25,26)18-7-4-6-16(13-18)20(24)22-10-5-11-27-19-9-8-17(21)12-15(19)3/h4,6-9,12-14,23H,5,10-11H2,1-3H3,(H,22,24). The number of aryl methyl sites for hydroxylation is 1. The van der Waals surface area contributed by atoms with Crippen molar-refractivity contribution < 1.29 is 17.9 Å². The van der Waals surface area contributed by atoms with Crippen LogP contribution in [0.5, 0.6) is 5.75 Å². The molecule has 0 aliphatic rings. The van der Waals surface area contributed by atoms with E-state index in [1.54, 1.807) is 32.0 Å². The second-order valence-corrected chi connectivity index (χ2v) is 8.82. The Kier molecular flexibility index (Phi) is 7.86. The molecule has 0 aromatic heterocycles. The number of carbonyl (C=O) groups is 1. The van der Waals surface area contributed by atoms with Gasteiger partial charge < -0.3 is 10.1 Å². The van der Waals surface area contributed by atoms with Gasteiger partial charge in [-0.15, -0.1) is 0 Å². The fraction of sp³-hybridized carbons (Fsp3) is 0.350. The molecule has 1 amide bonds. The molecule has 2 rings (SSSR count). The van der Waals surface area contributed by atoms with Gasteiger partial charge in [0.05, 0.1) is 11.5 Å². The maximum Gasteiger partial charge on any atom is 0.251 e. The predicted octanol–water partition coefficient (Wildman–Crippen LogP) is 3.53. The van der Waals surface area contributed by atoms with Crippen molar-refractivity contribution >= 4 is 27.5 Å². The first-order chi connectivity index (χ1) is 13.2. The highest BCUT2D eigenvalue weighted by atomic mass is 35.5. The van der Waals surface area contributed by atoms with Crippen LogP contribution in [-0.4, -0.2) is 33.5 Å². The minimum Gasteiger partial charge on any atom is -0.493 e. The average molecular weight is 425 g/mol. The summed E-state index contributed by atoms with van der Waals surface area (Å²) >= 11 is 5.91. The van der Waals surface area contributed by atoms with E-state index in [1.165, 1.54) is 12.1 Å². The molecule has 2 N–H and O–H groups in total. The number of hydrogen-bond acceptors (Lipinski definition) is 4. The molecule has 0 heterocycles. The van der Waals surface area contributed by atoms with Crippen LogP contribution in [0.3, 0.4) is 0 Å². The molecule has 0 atom stereocenters. The number of benzene rings is 2. The zero-order valence-electron chi connectivity index (χ0n) is 16.2. The molecule has 0 bridgehead atoms. The van der Waals surface area contributed by atoms with Crippen molar-refractivity contribution in [3.05, 3.63) is 58.6 Å². The summed E-state index contributed by atoms with van der Waals surface area (Å²) in [7, 11) is -3.64. The summed E-state index contributed by atoms with van der Waals surface area (Å²) in [4.78, 5) is 12.4. The van der Waals surface area contributed by atoms with Crippen LogP contribution in [0.2, 0.25) is 5.02 Å². The van der Waals surface area contributed by atoms with E-state index in [9.17, 15) is 13.2 Å².